The number of hydrogen-bond acceptors (Lipinski definition) is 3. The van der Waals surface area contributed by atoms with Crippen LogP contribution in [-0.4, -0.2) is 38.4 Å². The Kier molecular flexibility index (Phi) is 4.28. The number of carbonyl (C=O) groups is 1. The summed E-state index contributed by atoms with van der Waals surface area (Å²) < 4.78 is 14.7. The zero-order chi connectivity index (χ0) is 18.1. The summed E-state index contributed by atoms with van der Waals surface area (Å²) >= 11 is 0. The van der Waals surface area contributed by atoms with Gasteiger partial charge in [-0.15, -0.1) is 0 Å². The van der Waals surface area contributed by atoms with Gasteiger partial charge >= 0.3 is 5.69 Å². The number of carbonyl (C=O) groups excluding carboxylic acids is 1. The zero-order valence-electron chi connectivity index (χ0n) is 14.2. The second kappa shape index (κ2) is 6.74. The minimum Gasteiger partial charge on any atom is -0.340 e. The van der Waals surface area contributed by atoms with Gasteiger partial charge in [0.1, 0.15) is 5.82 Å². The lowest BCUT2D eigenvalue weighted by Crippen LogP contribution is -2.43. The fourth-order valence-corrected chi connectivity index (χ4v) is 3.60. The molecule has 3 heterocycles. The summed E-state index contributed by atoms with van der Waals surface area (Å²) in [5.74, 6) is -0.320. The summed E-state index contributed by atoms with van der Waals surface area (Å²) in [4.78, 5) is 33.8. The number of fused-ring (bicyclic) bond motifs is 1. The van der Waals surface area contributed by atoms with Crippen LogP contribution in [-0.2, 0) is 11.2 Å². The van der Waals surface area contributed by atoms with Crippen LogP contribution in [0, 0.1) is 5.82 Å². The number of rotatable bonds is 3. The fraction of sp³-hybridized carbons (Fsp3) is 0.316. The van der Waals surface area contributed by atoms with Crippen LogP contribution in [0.15, 0.2) is 47.4 Å². The molecule has 1 saturated heterocycles. The molecule has 0 bridgehead atoms. The normalized spacial score (nSPS) is 17.6. The Morgan fingerprint density at radius 1 is 1.27 bits per heavy atom. The molecule has 3 aromatic rings. The lowest BCUT2D eigenvalue weighted by molar-refractivity contribution is -0.132. The Balaban J connectivity index is 1.53. The molecule has 1 N–H and O–H groups in total. The molecule has 0 saturated carbocycles. The molecule has 1 aromatic carbocycles. The minimum absolute atomic E-state index is 0.00711. The lowest BCUT2D eigenvalue weighted by atomic mass is 10.0. The number of imidazole rings is 1. The molecular weight excluding hydrogens is 335 g/mol. The number of H-pyrrole nitrogens is 1. The van der Waals surface area contributed by atoms with E-state index in [1.807, 2.05) is 6.07 Å². The highest BCUT2D eigenvalue weighted by Gasteiger charge is 2.27. The topological polar surface area (TPSA) is 71.0 Å². The van der Waals surface area contributed by atoms with Gasteiger partial charge in [-0.3, -0.25) is 14.3 Å². The van der Waals surface area contributed by atoms with Crippen LogP contribution < -0.4 is 5.69 Å². The van der Waals surface area contributed by atoms with E-state index < -0.39 is 0 Å². The van der Waals surface area contributed by atoms with Crippen molar-refractivity contribution in [2.75, 3.05) is 13.1 Å². The van der Waals surface area contributed by atoms with Gasteiger partial charge in [0.05, 0.1) is 18.0 Å². The molecule has 1 fully saturated rings. The maximum atomic E-state index is 13.0. The van der Waals surface area contributed by atoms with Crippen molar-refractivity contribution in [2.24, 2.45) is 0 Å². The number of aromatic amines is 1. The molecule has 4 rings (SSSR count). The second-order valence-electron chi connectivity index (χ2n) is 6.61. The van der Waals surface area contributed by atoms with Gasteiger partial charge in [-0.05, 0) is 42.7 Å². The molecule has 7 heteroatoms. The molecule has 2 aromatic heterocycles. The quantitative estimate of drug-likeness (QED) is 0.784. The first kappa shape index (κ1) is 16.5. The molecule has 1 atom stereocenters. The Bertz CT molecular complexity index is 993. The van der Waals surface area contributed by atoms with Gasteiger partial charge in [0.25, 0.3) is 0 Å². The van der Waals surface area contributed by atoms with E-state index in [1.165, 1.54) is 12.1 Å². The van der Waals surface area contributed by atoms with Crippen LogP contribution in [0.25, 0.3) is 11.2 Å². The molecule has 134 valence electrons. The van der Waals surface area contributed by atoms with E-state index in [0.29, 0.717) is 18.7 Å². The zero-order valence-corrected chi connectivity index (χ0v) is 14.2. The van der Waals surface area contributed by atoms with Crippen molar-refractivity contribution < 1.29 is 9.18 Å². The second-order valence-corrected chi connectivity index (χ2v) is 6.61. The number of benzene rings is 1. The van der Waals surface area contributed by atoms with E-state index in [0.717, 1.165) is 23.9 Å². The van der Waals surface area contributed by atoms with E-state index in [2.05, 4.69) is 9.97 Å². The Hall–Kier alpha value is -2.96. The predicted molar refractivity (Wildman–Crippen MR) is 95.3 cm³/mol. The summed E-state index contributed by atoms with van der Waals surface area (Å²) in [6.07, 6.45) is 3.54. The van der Waals surface area contributed by atoms with E-state index >= 15 is 0 Å². The Morgan fingerprint density at radius 3 is 2.88 bits per heavy atom. The number of amides is 1. The fourth-order valence-electron chi connectivity index (χ4n) is 3.60. The Morgan fingerprint density at radius 2 is 2.08 bits per heavy atom. The largest absolute Gasteiger partial charge is 0.340 e. The average Bonchev–Trinajstić information content (AvgIpc) is 2.99. The molecule has 0 radical (unpaired) electrons. The maximum Gasteiger partial charge on any atom is 0.327 e. The number of hydrogen-bond donors (Lipinski definition) is 1. The first-order chi connectivity index (χ1) is 12.6. The van der Waals surface area contributed by atoms with Crippen LogP contribution in [0.2, 0.25) is 0 Å². The monoisotopic (exact) mass is 354 g/mol. The van der Waals surface area contributed by atoms with Crippen LogP contribution in [0.3, 0.4) is 0 Å². The molecule has 1 amide bonds. The minimum atomic E-state index is -0.313. The van der Waals surface area contributed by atoms with Gasteiger partial charge in [-0.25, -0.2) is 14.2 Å². The van der Waals surface area contributed by atoms with Gasteiger partial charge < -0.3 is 4.90 Å². The van der Waals surface area contributed by atoms with Crippen molar-refractivity contribution in [2.45, 2.75) is 25.3 Å². The van der Waals surface area contributed by atoms with Crippen molar-refractivity contribution in [1.82, 2.24) is 19.4 Å². The molecule has 1 aliphatic rings. The van der Waals surface area contributed by atoms with Gasteiger partial charge in [-0.2, -0.15) is 0 Å². The number of halogens is 1. The summed E-state index contributed by atoms with van der Waals surface area (Å²) in [5.41, 5.74) is 1.91. The number of pyridine rings is 1. The van der Waals surface area contributed by atoms with E-state index in [1.54, 1.807) is 33.9 Å². The van der Waals surface area contributed by atoms with Crippen molar-refractivity contribution in [3.05, 3.63) is 64.5 Å². The first-order valence-corrected chi connectivity index (χ1v) is 8.69. The van der Waals surface area contributed by atoms with Gasteiger partial charge in [0, 0.05) is 19.3 Å². The van der Waals surface area contributed by atoms with Crippen molar-refractivity contribution in [3.8, 4) is 0 Å². The van der Waals surface area contributed by atoms with E-state index in [9.17, 15) is 14.0 Å². The van der Waals surface area contributed by atoms with E-state index in [-0.39, 0.29) is 29.9 Å². The highest BCUT2D eigenvalue weighted by molar-refractivity contribution is 5.79. The standard InChI is InChI=1S/C19H19FN4O2/c20-14-7-5-13(6-8-14)11-17(25)23-10-2-3-15(12-23)24-16-4-1-9-21-18(16)22-19(24)26/h1,4-9,15H,2-3,10-12H2,(H,21,22,26)/t15-/m0/s1. The molecule has 0 aliphatic carbocycles. The maximum absolute atomic E-state index is 13.0. The van der Waals surface area contributed by atoms with Crippen molar-refractivity contribution in [1.29, 1.82) is 0 Å². The van der Waals surface area contributed by atoms with Crippen molar-refractivity contribution in [3.63, 3.8) is 0 Å². The van der Waals surface area contributed by atoms with Crippen molar-refractivity contribution >= 4 is 17.1 Å². The van der Waals surface area contributed by atoms with Crippen LogP contribution in [0.5, 0.6) is 0 Å². The number of piperidine rings is 1. The van der Waals surface area contributed by atoms with Gasteiger partial charge in [-0.1, -0.05) is 12.1 Å². The highest BCUT2D eigenvalue weighted by atomic mass is 19.1. The predicted octanol–water partition coefficient (Wildman–Crippen LogP) is 2.27. The average molecular weight is 354 g/mol. The number of nitrogens with zero attached hydrogens (tertiary/aromatic N) is 3. The van der Waals surface area contributed by atoms with Crippen LogP contribution in [0.4, 0.5) is 4.39 Å². The molecule has 1 aliphatic heterocycles. The third kappa shape index (κ3) is 3.12. The molecular formula is C19H19FN4O2. The number of likely N-dealkylation sites (tertiary alicyclic amines) is 1. The Labute approximate surface area is 149 Å². The molecule has 0 unspecified atom stereocenters. The summed E-state index contributed by atoms with van der Waals surface area (Å²) in [7, 11) is 0. The number of aromatic nitrogens is 3. The molecule has 26 heavy (non-hydrogen) atoms. The van der Waals surface area contributed by atoms with E-state index in [4.69, 9.17) is 0 Å². The smallest absolute Gasteiger partial charge is 0.327 e. The van der Waals surface area contributed by atoms with Crippen LogP contribution in [0.1, 0.15) is 24.4 Å². The van der Waals surface area contributed by atoms with Crippen LogP contribution >= 0.6 is 0 Å². The number of nitrogens with one attached hydrogen (secondary N) is 1. The summed E-state index contributed by atoms with van der Waals surface area (Å²) in [6.45, 7) is 1.16. The summed E-state index contributed by atoms with van der Waals surface area (Å²) in [5, 5.41) is 0. The summed E-state index contributed by atoms with van der Waals surface area (Å²) in [6, 6.07) is 9.56. The third-order valence-corrected chi connectivity index (χ3v) is 4.87. The highest BCUT2D eigenvalue weighted by Crippen LogP contribution is 2.24. The first-order valence-electron chi connectivity index (χ1n) is 8.69. The molecule has 6 nitrogen and oxygen atoms in total. The third-order valence-electron chi connectivity index (χ3n) is 4.87. The lowest BCUT2D eigenvalue weighted by Gasteiger charge is -2.33. The van der Waals surface area contributed by atoms with Gasteiger partial charge in [0.15, 0.2) is 5.65 Å². The van der Waals surface area contributed by atoms with Gasteiger partial charge in [0.2, 0.25) is 5.91 Å². The SMILES string of the molecule is O=C(Cc1ccc(F)cc1)N1CCC[C@H](n2c(=O)[nH]c3ncccc32)C1. The molecule has 0 spiro atoms.